The van der Waals surface area contributed by atoms with Crippen molar-refractivity contribution in [3.05, 3.63) is 65.2 Å². The summed E-state index contributed by atoms with van der Waals surface area (Å²) in [6.07, 6.45) is 1.65. The van der Waals surface area contributed by atoms with E-state index in [1.807, 2.05) is 24.3 Å². The molecule has 0 bridgehead atoms. The molecule has 0 N–H and O–H groups in total. The van der Waals surface area contributed by atoms with E-state index in [-0.39, 0.29) is 5.78 Å². The third-order valence-corrected chi connectivity index (χ3v) is 6.65. The number of benzene rings is 2. The Morgan fingerprint density at radius 1 is 1.03 bits per heavy atom. The number of carbonyl (C=O) groups excluding carboxylic acids is 3. The predicted molar refractivity (Wildman–Crippen MR) is 118 cm³/mol. The van der Waals surface area contributed by atoms with Crippen molar-refractivity contribution < 1.29 is 28.6 Å². The summed E-state index contributed by atoms with van der Waals surface area (Å²) in [5.74, 6) is -3.36. The minimum absolute atomic E-state index is 0.223. The SMILES string of the molecule is COc1ccc([C@H]2[C@H](C(C)=O)N3N=Cc4ccccc4[C@H]3C23C(=O)OC(C)(C)OC3=O)cc1. The van der Waals surface area contributed by atoms with Crippen molar-refractivity contribution in [2.45, 2.75) is 44.6 Å². The van der Waals surface area contributed by atoms with E-state index in [0.717, 1.165) is 5.56 Å². The van der Waals surface area contributed by atoms with Gasteiger partial charge in [0.2, 0.25) is 5.41 Å². The van der Waals surface area contributed by atoms with Gasteiger partial charge in [0.1, 0.15) is 17.8 Å². The molecule has 2 aromatic carbocycles. The number of ether oxygens (including phenoxy) is 3. The minimum atomic E-state index is -1.83. The Kier molecular flexibility index (Phi) is 4.60. The van der Waals surface area contributed by atoms with Gasteiger partial charge in [-0.1, -0.05) is 36.4 Å². The van der Waals surface area contributed by atoms with Gasteiger partial charge in [0.25, 0.3) is 5.79 Å². The predicted octanol–water partition coefficient (Wildman–Crippen LogP) is 2.96. The molecule has 3 heterocycles. The monoisotopic (exact) mass is 448 g/mol. The van der Waals surface area contributed by atoms with Crippen LogP contribution in [0.5, 0.6) is 5.75 Å². The smallest absolute Gasteiger partial charge is 0.330 e. The Morgan fingerprint density at radius 3 is 2.27 bits per heavy atom. The molecule has 2 aromatic rings. The Balaban J connectivity index is 1.81. The van der Waals surface area contributed by atoms with Crippen molar-refractivity contribution in [1.29, 1.82) is 0 Å². The molecule has 0 aromatic heterocycles. The molecule has 0 saturated carbocycles. The van der Waals surface area contributed by atoms with E-state index in [9.17, 15) is 14.4 Å². The Hall–Kier alpha value is -3.68. The lowest BCUT2D eigenvalue weighted by Gasteiger charge is -2.44. The van der Waals surface area contributed by atoms with Gasteiger partial charge >= 0.3 is 11.9 Å². The van der Waals surface area contributed by atoms with Crippen LogP contribution in [-0.4, -0.2) is 47.9 Å². The van der Waals surface area contributed by atoms with Crippen molar-refractivity contribution in [2.75, 3.05) is 7.11 Å². The Labute approximate surface area is 191 Å². The first-order valence-electron chi connectivity index (χ1n) is 10.7. The molecule has 0 amide bonds. The summed E-state index contributed by atoms with van der Waals surface area (Å²) in [7, 11) is 1.55. The van der Waals surface area contributed by atoms with Crippen LogP contribution in [0.25, 0.3) is 0 Å². The van der Waals surface area contributed by atoms with Crippen molar-refractivity contribution in [3.8, 4) is 5.75 Å². The molecule has 3 aliphatic rings. The van der Waals surface area contributed by atoms with Crippen LogP contribution < -0.4 is 4.74 Å². The molecule has 33 heavy (non-hydrogen) atoms. The van der Waals surface area contributed by atoms with Crippen molar-refractivity contribution in [3.63, 3.8) is 0 Å². The zero-order valence-corrected chi connectivity index (χ0v) is 18.8. The highest BCUT2D eigenvalue weighted by Crippen LogP contribution is 2.62. The summed E-state index contributed by atoms with van der Waals surface area (Å²) in [5, 5.41) is 6.12. The summed E-state index contributed by atoms with van der Waals surface area (Å²) in [6.45, 7) is 4.47. The normalized spacial score (nSPS) is 26.3. The molecule has 2 saturated heterocycles. The molecule has 0 unspecified atom stereocenters. The van der Waals surface area contributed by atoms with Gasteiger partial charge in [0.15, 0.2) is 5.78 Å². The van der Waals surface area contributed by atoms with Crippen LogP contribution in [0.1, 0.15) is 49.4 Å². The Bertz CT molecular complexity index is 1170. The molecule has 1 spiro atoms. The van der Waals surface area contributed by atoms with Gasteiger partial charge in [-0.25, -0.2) is 0 Å². The largest absolute Gasteiger partial charge is 0.497 e. The minimum Gasteiger partial charge on any atom is -0.497 e. The van der Waals surface area contributed by atoms with Crippen LogP contribution >= 0.6 is 0 Å². The molecule has 3 atom stereocenters. The van der Waals surface area contributed by atoms with Gasteiger partial charge in [-0.15, -0.1) is 0 Å². The van der Waals surface area contributed by atoms with E-state index in [0.29, 0.717) is 16.9 Å². The molecule has 5 rings (SSSR count). The quantitative estimate of drug-likeness (QED) is 0.526. The first-order valence-corrected chi connectivity index (χ1v) is 10.7. The number of methoxy groups -OCH3 is 1. The number of hydrogen-bond acceptors (Lipinski definition) is 8. The van der Waals surface area contributed by atoms with Crippen LogP contribution in [0.4, 0.5) is 0 Å². The van der Waals surface area contributed by atoms with E-state index >= 15 is 0 Å². The second-order valence-corrected chi connectivity index (χ2v) is 9.01. The molecule has 0 radical (unpaired) electrons. The van der Waals surface area contributed by atoms with E-state index in [1.165, 1.54) is 20.8 Å². The number of ketones is 1. The van der Waals surface area contributed by atoms with Gasteiger partial charge in [0, 0.05) is 19.8 Å². The molecular formula is C25H24N2O6. The van der Waals surface area contributed by atoms with Crippen LogP contribution in [-0.2, 0) is 23.9 Å². The fraction of sp³-hybridized carbons (Fsp3) is 0.360. The molecule has 3 aliphatic heterocycles. The lowest BCUT2D eigenvalue weighted by molar-refractivity contribution is -0.254. The third kappa shape index (κ3) is 2.90. The zero-order chi connectivity index (χ0) is 23.5. The summed E-state index contributed by atoms with van der Waals surface area (Å²) < 4.78 is 16.6. The first kappa shape index (κ1) is 21.2. The van der Waals surface area contributed by atoms with Crippen LogP contribution in [0, 0.1) is 5.41 Å². The van der Waals surface area contributed by atoms with Crippen LogP contribution in [0.15, 0.2) is 53.6 Å². The second kappa shape index (κ2) is 7.16. The molecule has 170 valence electrons. The molecule has 8 nitrogen and oxygen atoms in total. The third-order valence-electron chi connectivity index (χ3n) is 6.65. The van der Waals surface area contributed by atoms with E-state index in [2.05, 4.69) is 5.10 Å². The number of esters is 2. The second-order valence-electron chi connectivity index (χ2n) is 9.01. The fourth-order valence-corrected chi connectivity index (χ4v) is 5.35. The highest BCUT2D eigenvalue weighted by molar-refractivity contribution is 6.07. The lowest BCUT2D eigenvalue weighted by atomic mass is 9.65. The average molecular weight is 448 g/mol. The topological polar surface area (TPSA) is 94.5 Å². The standard InChI is InChI=1S/C25H24N2O6/c1-14(28)20-19(15-9-11-17(31-4)12-10-15)25(22(29)32-24(2,3)33-23(25)30)21-18-8-6-5-7-16(18)13-26-27(20)21/h5-13,19-21H,1-4H3/t19-,20-,21-/m0/s1. The van der Waals surface area contributed by atoms with Crippen LogP contribution in [0.3, 0.4) is 0 Å². The van der Waals surface area contributed by atoms with Gasteiger partial charge in [0.05, 0.1) is 13.3 Å². The number of Topliss-reactive ketones (excluding diaryl/α,β-unsaturated/α-hetero) is 1. The maximum Gasteiger partial charge on any atom is 0.330 e. The molecule has 0 aliphatic carbocycles. The number of hydrazone groups is 1. The highest BCUT2D eigenvalue weighted by atomic mass is 16.7. The number of cyclic esters (lactones) is 2. The van der Waals surface area contributed by atoms with Crippen molar-refractivity contribution >= 4 is 23.9 Å². The molecule has 2 fully saturated rings. The summed E-state index contributed by atoms with van der Waals surface area (Å²) in [5.41, 5.74) is 0.269. The van der Waals surface area contributed by atoms with Gasteiger partial charge < -0.3 is 14.2 Å². The number of hydrogen-bond donors (Lipinski definition) is 0. The highest BCUT2D eigenvalue weighted by Gasteiger charge is 2.74. The van der Waals surface area contributed by atoms with Gasteiger partial charge in [-0.2, -0.15) is 5.10 Å². The fourth-order valence-electron chi connectivity index (χ4n) is 5.35. The van der Waals surface area contributed by atoms with Gasteiger partial charge in [-0.05, 0) is 35.7 Å². The van der Waals surface area contributed by atoms with Gasteiger partial charge in [-0.3, -0.25) is 19.4 Å². The summed E-state index contributed by atoms with van der Waals surface area (Å²) in [6, 6.07) is 12.6. The van der Waals surface area contributed by atoms with E-state index < -0.39 is 41.1 Å². The zero-order valence-electron chi connectivity index (χ0n) is 18.8. The first-order chi connectivity index (χ1) is 15.7. The maximum atomic E-state index is 13.8. The molecule has 8 heteroatoms. The van der Waals surface area contributed by atoms with E-state index in [4.69, 9.17) is 14.2 Å². The van der Waals surface area contributed by atoms with Crippen molar-refractivity contribution in [2.24, 2.45) is 10.5 Å². The van der Waals surface area contributed by atoms with Crippen molar-refractivity contribution in [1.82, 2.24) is 5.01 Å². The summed E-state index contributed by atoms with van der Waals surface area (Å²) >= 11 is 0. The Morgan fingerprint density at radius 2 is 1.67 bits per heavy atom. The lowest BCUT2D eigenvalue weighted by Crippen LogP contribution is -2.58. The number of rotatable bonds is 3. The average Bonchev–Trinajstić information content (AvgIpc) is 3.10. The number of carbonyl (C=O) groups is 3. The number of fused-ring (bicyclic) bond motifs is 4. The van der Waals surface area contributed by atoms with Crippen LogP contribution in [0.2, 0.25) is 0 Å². The number of nitrogens with zero attached hydrogens (tertiary/aromatic N) is 2. The van der Waals surface area contributed by atoms with E-state index in [1.54, 1.807) is 42.6 Å². The summed E-state index contributed by atoms with van der Waals surface area (Å²) in [4.78, 5) is 40.7. The maximum absolute atomic E-state index is 13.8. The molecular weight excluding hydrogens is 424 g/mol.